The lowest BCUT2D eigenvalue weighted by Crippen LogP contribution is -2.11. The smallest absolute Gasteiger partial charge is 0.0299 e. The van der Waals surface area contributed by atoms with Crippen LogP contribution in [0.4, 0.5) is 0 Å². The third-order valence-electron chi connectivity index (χ3n) is 3.79. The fraction of sp³-hybridized carbons (Fsp3) is 0.706. The second-order valence-electron chi connectivity index (χ2n) is 5.72. The summed E-state index contributed by atoms with van der Waals surface area (Å²) in [7, 11) is 0. The second-order valence-corrected chi connectivity index (χ2v) is 5.72. The topological polar surface area (TPSA) is 59.4 Å². The summed E-state index contributed by atoms with van der Waals surface area (Å²) in [6.45, 7) is 0.247. The lowest BCUT2D eigenvalue weighted by molar-refractivity contribution is -0.0414. The number of aromatic nitrogens is 1. The Morgan fingerprint density at radius 2 is 1.48 bits per heavy atom. The zero-order valence-corrected chi connectivity index (χ0v) is 13.0. The van der Waals surface area contributed by atoms with Gasteiger partial charge in [0.15, 0.2) is 0 Å². The Morgan fingerprint density at radius 1 is 0.905 bits per heavy atom. The fourth-order valence-electron chi connectivity index (χ4n) is 2.54. The van der Waals surface area contributed by atoms with Gasteiger partial charge in [0, 0.05) is 18.9 Å². The molecule has 0 amide bonds. The number of hydrogen-bond acceptors (Lipinski definition) is 4. The van der Waals surface area contributed by atoms with Crippen LogP contribution in [0.15, 0.2) is 24.5 Å². The highest BCUT2D eigenvalue weighted by molar-refractivity contribution is 5.08. The highest BCUT2D eigenvalue weighted by Gasteiger charge is 1.95. The minimum absolute atomic E-state index is 0.0332. The third kappa shape index (κ3) is 11.4. The van der Waals surface area contributed by atoms with E-state index in [-0.39, 0.29) is 11.8 Å². The molecule has 0 unspecified atom stereocenters. The van der Waals surface area contributed by atoms with Crippen LogP contribution < -0.4 is 0 Å². The number of unbranched alkanes of at least 4 members (excludes halogenated alkanes) is 9. The molecule has 4 nitrogen and oxygen atoms in total. The molecular weight excluding hydrogens is 264 g/mol. The van der Waals surface area contributed by atoms with Crippen molar-refractivity contribution in [1.29, 1.82) is 0 Å². The van der Waals surface area contributed by atoms with Crippen molar-refractivity contribution in [2.75, 3.05) is 6.54 Å². The molecular formula is C17H29N2O2-. The van der Waals surface area contributed by atoms with E-state index in [9.17, 15) is 5.21 Å². The second kappa shape index (κ2) is 12.7. The van der Waals surface area contributed by atoms with Crippen LogP contribution in [0.3, 0.4) is 0 Å². The first-order valence-electron chi connectivity index (χ1n) is 8.31. The SMILES string of the molecule is [O-]N(O)CCCCCCCCCCCCc1cccnc1. The van der Waals surface area contributed by atoms with Crippen LogP contribution in [0.2, 0.25) is 0 Å². The number of rotatable bonds is 13. The van der Waals surface area contributed by atoms with E-state index < -0.39 is 0 Å². The molecule has 120 valence electrons. The molecule has 1 N–H and O–H groups in total. The van der Waals surface area contributed by atoms with Crippen molar-refractivity contribution in [1.82, 2.24) is 10.2 Å². The molecule has 0 fully saturated rings. The van der Waals surface area contributed by atoms with Gasteiger partial charge < -0.3 is 10.4 Å². The molecule has 0 radical (unpaired) electrons. The van der Waals surface area contributed by atoms with Crippen molar-refractivity contribution in [3.05, 3.63) is 35.3 Å². The predicted molar refractivity (Wildman–Crippen MR) is 86.0 cm³/mol. The van der Waals surface area contributed by atoms with Gasteiger partial charge in [-0.1, -0.05) is 57.4 Å². The van der Waals surface area contributed by atoms with E-state index in [1.807, 2.05) is 18.5 Å². The molecule has 0 aromatic carbocycles. The van der Waals surface area contributed by atoms with Crippen molar-refractivity contribution in [3.63, 3.8) is 0 Å². The van der Waals surface area contributed by atoms with Crippen LogP contribution in [-0.4, -0.2) is 22.0 Å². The number of hydrogen-bond donors (Lipinski definition) is 1. The molecule has 0 saturated carbocycles. The normalized spacial score (nSPS) is 11.2. The van der Waals surface area contributed by atoms with Gasteiger partial charge in [0.1, 0.15) is 0 Å². The maximum absolute atomic E-state index is 10.3. The Bertz CT molecular complexity index is 331. The van der Waals surface area contributed by atoms with Crippen molar-refractivity contribution >= 4 is 0 Å². The Morgan fingerprint density at radius 3 is 2.00 bits per heavy atom. The maximum Gasteiger partial charge on any atom is 0.0299 e. The van der Waals surface area contributed by atoms with E-state index in [0.29, 0.717) is 0 Å². The lowest BCUT2D eigenvalue weighted by Gasteiger charge is -2.18. The van der Waals surface area contributed by atoms with Gasteiger partial charge in [-0.05, 0) is 30.9 Å². The third-order valence-corrected chi connectivity index (χ3v) is 3.79. The molecule has 0 spiro atoms. The molecule has 1 aromatic rings. The van der Waals surface area contributed by atoms with Gasteiger partial charge in [-0.2, -0.15) is 0 Å². The minimum Gasteiger partial charge on any atom is -0.762 e. The zero-order valence-electron chi connectivity index (χ0n) is 13.0. The monoisotopic (exact) mass is 293 g/mol. The van der Waals surface area contributed by atoms with Gasteiger partial charge in [-0.25, -0.2) is 0 Å². The lowest BCUT2D eigenvalue weighted by atomic mass is 10.0. The van der Waals surface area contributed by atoms with E-state index >= 15 is 0 Å². The van der Waals surface area contributed by atoms with Gasteiger partial charge in [0.2, 0.25) is 0 Å². The fourth-order valence-corrected chi connectivity index (χ4v) is 2.54. The highest BCUT2D eigenvalue weighted by atomic mass is 16.8. The average Bonchev–Trinajstić information content (AvgIpc) is 2.49. The van der Waals surface area contributed by atoms with Gasteiger partial charge >= 0.3 is 0 Å². The van der Waals surface area contributed by atoms with E-state index in [4.69, 9.17) is 5.21 Å². The average molecular weight is 293 g/mol. The molecule has 0 atom stereocenters. The molecule has 21 heavy (non-hydrogen) atoms. The maximum atomic E-state index is 10.3. The Kier molecular flexibility index (Phi) is 11.0. The van der Waals surface area contributed by atoms with Crippen LogP contribution in [0.25, 0.3) is 0 Å². The molecule has 0 aliphatic rings. The van der Waals surface area contributed by atoms with Crippen molar-refractivity contribution in [2.24, 2.45) is 0 Å². The van der Waals surface area contributed by atoms with Crippen LogP contribution in [0.1, 0.15) is 69.8 Å². The predicted octanol–water partition coefficient (Wildman–Crippen LogP) is 4.71. The Labute approximate surface area is 128 Å². The van der Waals surface area contributed by atoms with Gasteiger partial charge in [0.05, 0.1) is 0 Å². The summed E-state index contributed by atoms with van der Waals surface area (Å²) in [6.07, 6.45) is 17.1. The standard InChI is InChI=1S/C17H29N2O2/c20-19(21)15-10-8-6-4-2-1-3-5-7-9-12-17-13-11-14-18-16-17/h11,13-14,16,20H,1-10,12,15H2/q-1. The Hall–Kier alpha value is -0.970. The largest absolute Gasteiger partial charge is 0.762 e. The van der Waals surface area contributed by atoms with Crippen molar-refractivity contribution < 1.29 is 5.21 Å². The number of nitrogens with zero attached hydrogens (tertiary/aromatic N) is 2. The van der Waals surface area contributed by atoms with Gasteiger partial charge in [-0.3, -0.25) is 10.2 Å². The summed E-state index contributed by atoms with van der Waals surface area (Å²) in [5, 5.41) is 18.7. The Balaban J connectivity index is 1.77. The van der Waals surface area contributed by atoms with Crippen LogP contribution in [0.5, 0.6) is 0 Å². The first-order chi connectivity index (χ1) is 10.3. The molecule has 1 heterocycles. The summed E-state index contributed by atoms with van der Waals surface area (Å²) in [5.74, 6) is 0. The van der Waals surface area contributed by atoms with E-state index in [2.05, 4.69) is 11.1 Å². The molecule has 1 aromatic heterocycles. The summed E-state index contributed by atoms with van der Waals surface area (Å²) >= 11 is 0. The van der Waals surface area contributed by atoms with Gasteiger partial charge in [-0.15, -0.1) is 0 Å². The zero-order chi connectivity index (χ0) is 15.2. The van der Waals surface area contributed by atoms with Gasteiger partial charge in [0.25, 0.3) is 0 Å². The molecule has 0 saturated heterocycles. The number of pyridine rings is 1. The quantitative estimate of drug-likeness (QED) is 0.422. The number of hydroxylamine groups is 2. The summed E-state index contributed by atoms with van der Waals surface area (Å²) in [5.41, 5.74) is 1.34. The molecule has 0 bridgehead atoms. The molecule has 1 rings (SSSR count). The van der Waals surface area contributed by atoms with E-state index in [1.54, 1.807) is 0 Å². The van der Waals surface area contributed by atoms with Crippen molar-refractivity contribution in [2.45, 2.75) is 70.6 Å². The van der Waals surface area contributed by atoms with Crippen LogP contribution in [-0.2, 0) is 6.42 Å². The van der Waals surface area contributed by atoms with Crippen LogP contribution >= 0.6 is 0 Å². The van der Waals surface area contributed by atoms with E-state index in [0.717, 1.165) is 19.3 Å². The molecule has 4 heteroatoms. The van der Waals surface area contributed by atoms with E-state index in [1.165, 1.54) is 56.9 Å². The minimum atomic E-state index is 0.0332. The van der Waals surface area contributed by atoms with Crippen molar-refractivity contribution in [3.8, 4) is 0 Å². The first kappa shape index (κ1) is 18.1. The summed E-state index contributed by atoms with van der Waals surface area (Å²) < 4.78 is 0. The summed E-state index contributed by atoms with van der Waals surface area (Å²) in [6, 6.07) is 4.15. The van der Waals surface area contributed by atoms with Crippen LogP contribution in [0, 0.1) is 5.21 Å². The summed E-state index contributed by atoms with van der Waals surface area (Å²) in [4.78, 5) is 4.13. The molecule has 0 aliphatic heterocycles. The highest BCUT2D eigenvalue weighted by Crippen LogP contribution is 2.12. The number of aryl methyl sites for hydroxylation is 1. The first-order valence-corrected chi connectivity index (χ1v) is 8.31. The molecule has 0 aliphatic carbocycles.